The first kappa shape index (κ1) is 20.3. The Bertz CT molecular complexity index is 210. The molecule has 2 N–H and O–H groups in total. The van der Waals surface area contributed by atoms with Gasteiger partial charge in [0.1, 0.15) is 0 Å². The van der Waals surface area contributed by atoms with E-state index >= 15 is 0 Å². The van der Waals surface area contributed by atoms with Gasteiger partial charge in [-0.15, -0.1) is 0 Å². The zero-order valence-electron chi connectivity index (χ0n) is 12.7. The van der Waals surface area contributed by atoms with Crippen molar-refractivity contribution >= 4 is 11.9 Å². The lowest BCUT2D eigenvalue weighted by atomic mass is 10.0. The molecule has 0 aliphatic heterocycles. The van der Waals surface area contributed by atoms with Crippen molar-refractivity contribution in [1.82, 2.24) is 0 Å². The normalized spacial score (nSPS) is 9.89. The van der Waals surface area contributed by atoms with Crippen LogP contribution in [0.3, 0.4) is 0 Å². The van der Waals surface area contributed by atoms with Gasteiger partial charge in [-0.25, -0.2) is 0 Å². The summed E-state index contributed by atoms with van der Waals surface area (Å²) in [6.07, 6.45) is 9.09. The van der Waals surface area contributed by atoms with E-state index in [-0.39, 0.29) is 6.42 Å². The Morgan fingerprint density at radius 1 is 0.737 bits per heavy atom. The molecule has 0 spiro atoms. The number of carboxylic acids is 2. The second-order valence-corrected chi connectivity index (χ2v) is 4.79. The maximum absolute atomic E-state index is 10.5. The average molecular weight is 274 g/mol. The topological polar surface area (TPSA) is 74.6 Å². The number of hydrogen-bond donors (Lipinski definition) is 2. The molecule has 0 heterocycles. The molecule has 0 aromatic carbocycles. The summed E-state index contributed by atoms with van der Waals surface area (Å²) in [4.78, 5) is 21.1. The summed E-state index contributed by atoms with van der Waals surface area (Å²) < 4.78 is 0. The summed E-state index contributed by atoms with van der Waals surface area (Å²) in [5.41, 5.74) is 0. The fourth-order valence-corrected chi connectivity index (χ4v) is 1.48. The Hall–Kier alpha value is -1.06. The fraction of sp³-hybridized carbons (Fsp3) is 0.867. The minimum Gasteiger partial charge on any atom is -0.481 e. The van der Waals surface area contributed by atoms with Crippen LogP contribution in [-0.2, 0) is 9.59 Å². The number of hydrogen-bond acceptors (Lipinski definition) is 2. The van der Waals surface area contributed by atoms with Crippen LogP contribution in [0.1, 0.15) is 78.6 Å². The fourth-order valence-electron chi connectivity index (χ4n) is 1.48. The molecule has 0 unspecified atom stereocenters. The van der Waals surface area contributed by atoms with Gasteiger partial charge in [-0.2, -0.15) is 0 Å². The molecule has 0 aromatic rings. The molecule has 0 aliphatic rings. The van der Waals surface area contributed by atoms with Crippen LogP contribution in [0.25, 0.3) is 0 Å². The van der Waals surface area contributed by atoms with Gasteiger partial charge >= 0.3 is 11.9 Å². The highest BCUT2D eigenvalue weighted by atomic mass is 16.4. The Balaban J connectivity index is 0. The van der Waals surface area contributed by atoms with Crippen molar-refractivity contribution in [3.63, 3.8) is 0 Å². The summed E-state index contributed by atoms with van der Waals surface area (Å²) in [6, 6.07) is 0. The number of rotatable bonds is 10. The first-order valence-corrected chi connectivity index (χ1v) is 7.46. The molecule has 0 rings (SSSR count). The minimum absolute atomic E-state index is 0.247. The summed E-state index contributed by atoms with van der Waals surface area (Å²) in [5, 5.41) is 17.2. The molecular weight excluding hydrogens is 244 g/mol. The van der Waals surface area contributed by atoms with E-state index in [9.17, 15) is 9.59 Å². The van der Waals surface area contributed by atoms with E-state index in [1.165, 1.54) is 25.7 Å². The summed E-state index contributed by atoms with van der Waals surface area (Å²) in [6.45, 7) is 6.49. The Labute approximate surface area is 117 Å². The van der Waals surface area contributed by atoms with E-state index in [2.05, 4.69) is 20.8 Å². The predicted molar refractivity (Wildman–Crippen MR) is 77.3 cm³/mol. The van der Waals surface area contributed by atoms with Crippen molar-refractivity contribution in [2.24, 2.45) is 5.92 Å². The monoisotopic (exact) mass is 274 g/mol. The van der Waals surface area contributed by atoms with E-state index in [4.69, 9.17) is 10.2 Å². The highest BCUT2D eigenvalue weighted by Crippen LogP contribution is 2.12. The van der Waals surface area contributed by atoms with Crippen molar-refractivity contribution in [2.45, 2.75) is 78.6 Å². The third kappa shape index (κ3) is 14.9. The number of aliphatic carboxylic acids is 2. The maximum Gasteiger partial charge on any atom is 0.317 e. The smallest absolute Gasteiger partial charge is 0.317 e. The molecule has 0 atom stereocenters. The van der Waals surface area contributed by atoms with E-state index < -0.39 is 17.9 Å². The highest BCUT2D eigenvalue weighted by Gasteiger charge is 2.24. The number of carbonyl (C=O) groups is 2. The second-order valence-electron chi connectivity index (χ2n) is 4.79. The molecule has 4 nitrogen and oxygen atoms in total. The average Bonchev–Trinajstić information content (AvgIpc) is 2.37. The van der Waals surface area contributed by atoms with Gasteiger partial charge in [0.15, 0.2) is 5.92 Å². The quantitative estimate of drug-likeness (QED) is 0.459. The molecule has 114 valence electrons. The van der Waals surface area contributed by atoms with Gasteiger partial charge in [-0.3, -0.25) is 9.59 Å². The molecule has 0 fully saturated rings. The van der Waals surface area contributed by atoms with Gasteiger partial charge in [-0.05, 0) is 6.42 Å². The van der Waals surface area contributed by atoms with E-state index in [0.29, 0.717) is 6.42 Å². The lowest BCUT2D eigenvalue weighted by molar-refractivity contribution is -0.154. The van der Waals surface area contributed by atoms with Gasteiger partial charge in [0.05, 0.1) is 0 Å². The first-order chi connectivity index (χ1) is 9.01. The van der Waals surface area contributed by atoms with Gasteiger partial charge in [0, 0.05) is 0 Å². The Morgan fingerprint density at radius 2 is 1.16 bits per heavy atom. The lowest BCUT2D eigenvalue weighted by Gasteiger charge is -2.06. The summed E-state index contributed by atoms with van der Waals surface area (Å²) in [7, 11) is 0. The molecule has 0 aliphatic carbocycles. The zero-order valence-corrected chi connectivity index (χ0v) is 12.7. The molecule has 0 amide bonds. The van der Waals surface area contributed by atoms with E-state index in [1.807, 2.05) is 0 Å². The van der Waals surface area contributed by atoms with Gasteiger partial charge in [0.2, 0.25) is 0 Å². The Kier molecular flexibility index (Phi) is 16.0. The van der Waals surface area contributed by atoms with Gasteiger partial charge in [-0.1, -0.05) is 72.1 Å². The van der Waals surface area contributed by atoms with Gasteiger partial charge < -0.3 is 10.2 Å². The third-order valence-electron chi connectivity index (χ3n) is 2.94. The van der Waals surface area contributed by atoms with E-state index in [0.717, 1.165) is 19.3 Å². The molecule has 0 aromatic heterocycles. The van der Waals surface area contributed by atoms with Crippen LogP contribution in [-0.4, -0.2) is 22.2 Å². The number of carboxylic acid groups (broad SMARTS) is 2. The van der Waals surface area contributed by atoms with Crippen LogP contribution in [0.5, 0.6) is 0 Å². The SMILES string of the molecule is CCCC.CCCCCCCCC(C(=O)O)C(=O)O. The molecule has 0 bridgehead atoms. The van der Waals surface area contributed by atoms with Crippen LogP contribution < -0.4 is 0 Å². The number of unbranched alkanes of at least 4 members (excludes halogenated alkanes) is 6. The Morgan fingerprint density at radius 3 is 1.53 bits per heavy atom. The van der Waals surface area contributed by atoms with Crippen molar-refractivity contribution in [2.75, 3.05) is 0 Å². The van der Waals surface area contributed by atoms with Crippen LogP contribution in [0.4, 0.5) is 0 Å². The third-order valence-corrected chi connectivity index (χ3v) is 2.94. The summed E-state index contributed by atoms with van der Waals surface area (Å²) >= 11 is 0. The molecule has 4 heteroatoms. The van der Waals surface area contributed by atoms with Crippen molar-refractivity contribution < 1.29 is 19.8 Å². The van der Waals surface area contributed by atoms with Crippen LogP contribution in [0.2, 0.25) is 0 Å². The van der Waals surface area contributed by atoms with Gasteiger partial charge in [0.25, 0.3) is 0 Å². The second kappa shape index (κ2) is 15.0. The minimum atomic E-state index is -1.23. The lowest BCUT2D eigenvalue weighted by Crippen LogP contribution is -2.23. The molecule has 0 saturated carbocycles. The van der Waals surface area contributed by atoms with Crippen LogP contribution >= 0.6 is 0 Å². The van der Waals surface area contributed by atoms with Crippen molar-refractivity contribution in [1.29, 1.82) is 0 Å². The standard InChI is InChI=1S/C11H20O4.C4H10/c1-2-3-4-5-6-7-8-9(10(12)13)11(14)15;1-3-4-2/h9H,2-8H2,1H3,(H,12,13)(H,14,15);3-4H2,1-2H3. The molecule has 19 heavy (non-hydrogen) atoms. The molecule has 0 saturated heterocycles. The summed E-state index contributed by atoms with van der Waals surface area (Å²) in [5.74, 6) is -3.68. The highest BCUT2D eigenvalue weighted by molar-refractivity contribution is 5.92. The van der Waals surface area contributed by atoms with Crippen LogP contribution in [0, 0.1) is 5.92 Å². The van der Waals surface area contributed by atoms with Crippen LogP contribution in [0.15, 0.2) is 0 Å². The molecule has 0 radical (unpaired) electrons. The predicted octanol–water partition coefficient (Wildman–Crippen LogP) is 4.33. The largest absolute Gasteiger partial charge is 0.481 e. The zero-order chi connectivity index (χ0) is 15.1. The van der Waals surface area contributed by atoms with Crippen molar-refractivity contribution in [3.05, 3.63) is 0 Å². The molecular formula is C15H30O4. The van der Waals surface area contributed by atoms with E-state index in [1.54, 1.807) is 0 Å². The maximum atomic E-state index is 10.5. The first-order valence-electron chi connectivity index (χ1n) is 7.46. The van der Waals surface area contributed by atoms with Crippen molar-refractivity contribution in [3.8, 4) is 0 Å².